The molecule has 1 saturated heterocycles. The van der Waals surface area contributed by atoms with E-state index in [4.69, 9.17) is 0 Å². The number of aryl methyl sites for hydroxylation is 1. The summed E-state index contributed by atoms with van der Waals surface area (Å²) >= 11 is 0. The third-order valence-corrected chi connectivity index (χ3v) is 3.04. The number of hydrogen-bond acceptors (Lipinski definition) is 1. The smallest absolute Gasteiger partial charge is 0.0320 e. The zero-order chi connectivity index (χ0) is 9.80. The molecule has 1 N–H and O–H groups in total. The van der Waals surface area contributed by atoms with Crippen molar-refractivity contribution in [2.75, 3.05) is 6.54 Å². The first kappa shape index (κ1) is 9.72. The second kappa shape index (κ2) is 4.61. The molecule has 1 nitrogen and oxygen atoms in total. The van der Waals surface area contributed by atoms with E-state index in [-0.39, 0.29) is 0 Å². The lowest BCUT2D eigenvalue weighted by Crippen LogP contribution is -2.20. The standard InChI is InChI=1S/C13H19N/c1-11-6-8-12(9-7-11)13-5-3-2-4-10-14-13/h6-9,13-14H,2-5,10H2,1H3/t13-/m1/s1. The van der Waals surface area contributed by atoms with Crippen molar-refractivity contribution in [3.05, 3.63) is 35.4 Å². The molecule has 0 aliphatic carbocycles. The topological polar surface area (TPSA) is 12.0 Å². The van der Waals surface area contributed by atoms with E-state index >= 15 is 0 Å². The van der Waals surface area contributed by atoms with Crippen molar-refractivity contribution in [2.24, 2.45) is 0 Å². The summed E-state index contributed by atoms with van der Waals surface area (Å²) in [6.07, 6.45) is 5.38. The highest BCUT2D eigenvalue weighted by atomic mass is 14.9. The molecule has 1 atom stereocenters. The molecule has 1 aromatic carbocycles. The van der Waals surface area contributed by atoms with E-state index in [1.54, 1.807) is 0 Å². The van der Waals surface area contributed by atoms with Crippen molar-refractivity contribution < 1.29 is 0 Å². The van der Waals surface area contributed by atoms with Crippen LogP contribution in [0, 0.1) is 6.92 Å². The number of benzene rings is 1. The Morgan fingerprint density at radius 2 is 1.86 bits per heavy atom. The maximum Gasteiger partial charge on any atom is 0.0320 e. The minimum absolute atomic E-state index is 0.595. The Morgan fingerprint density at radius 3 is 2.64 bits per heavy atom. The van der Waals surface area contributed by atoms with Gasteiger partial charge in [0.05, 0.1) is 0 Å². The summed E-state index contributed by atoms with van der Waals surface area (Å²) in [6.45, 7) is 3.32. The highest BCUT2D eigenvalue weighted by molar-refractivity contribution is 5.24. The Kier molecular flexibility index (Phi) is 3.20. The number of hydrogen-bond donors (Lipinski definition) is 1. The van der Waals surface area contributed by atoms with Crippen molar-refractivity contribution in [1.82, 2.24) is 5.32 Å². The van der Waals surface area contributed by atoms with Crippen LogP contribution in [0.4, 0.5) is 0 Å². The molecule has 14 heavy (non-hydrogen) atoms. The molecular formula is C13H19N. The summed E-state index contributed by atoms with van der Waals surface area (Å²) in [5.74, 6) is 0. The molecule has 1 aliphatic heterocycles. The SMILES string of the molecule is Cc1ccc([C@H]2CCCCCN2)cc1. The first-order valence-electron chi connectivity index (χ1n) is 5.66. The van der Waals surface area contributed by atoms with Crippen LogP contribution in [0.15, 0.2) is 24.3 Å². The third kappa shape index (κ3) is 2.36. The van der Waals surface area contributed by atoms with Crippen LogP contribution >= 0.6 is 0 Å². The van der Waals surface area contributed by atoms with Gasteiger partial charge in [0.2, 0.25) is 0 Å². The first-order valence-corrected chi connectivity index (χ1v) is 5.66. The van der Waals surface area contributed by atoms with Crippen LogP contribution in [0.2, 0.25) is 0 Å². The van der Waals surface area contributed by atoms with Crippen molar-refractivity contribution in [2.45, 2.75) is 38.6 Å². The Morgan fingerprint density at radius 1 is 1.07 bits per heavy atom. The average molecular weight is 189 g/mol. The highest BCUT2D eigenvalue weighted by Crippen LogP contribution is 2.22. The zero-order valence-electron chi connectivity index (χ0n) is 8.92. The fourth-order valence-corrected chi connectivity index (χ4v) is 2.11. The van der Waals surface area contributed by atoms with E-state index in [9.17, 15) is 0 Å². The molecule has 76 valence electrons. The molecule has 1 aliphatic rings. The van der Waals surface area contributed by atoms with Gasteiger partial charge in [-0.1, -0.05) is 42.7 Å². The minimum atomic E-state index is 0.595. The summed E-state index contributed by atoms with van der Waals surface area (Å²) in [7, 11) is 0. The summed E-state index contributed by atoms with van der Waals surface area (Å²) in [5.41, 5.74) is 2.81. The van der Waals surface area contributed by atoms with Gasteiger partial charge < -0.3 is 5.32 Å². The molecule has 0 radical (unpaired) electrons. The van der Waals surface area contributed by atoms with E-state index in [2.05, 4.69) is 36.5 Å². The van der Waals surface area contributed by atoms with Gasteiger partial charge in [-0.05, 0) is 31.9 Å². The van der Waals surface area contributed by atoms with Gasteiger partial charge in [-0.25, -0.2) is 0 Å². The maximum absolute atomic E-state index is 3.62. The van der Waals surface area contributed by atoms with Gasteiger partial charge in [-0.2, -0.15) is 0 Å². The molecule has 2 rings (SSSR count). The van der Waals surface area contributed by atoms with Gasteiger partial charge in [-0.3, -0.25) is 0 Å². The molecule has 0 spiro atoms. The second-order valence-electron chi connectivity index (χ2n) is 4.27. The highest BCUT2D eigenvalue weighted by Gasteiger charge is 2.12. The van der Waals surface area contributed by atoms with Crippen LogP contribution in [0.25, 0.3) is 0 Å². The molecule has 1 aromatic rings. The fourth-order valence-electron chi connectivity index (χ4n) is 2.11. The lowest BCUT2D eigenvalue weighted by Gasteiger charge is -2.16. The van der Waals surface area contributed by atoms with E-state index in [1.807, 2.05) is 0 Å². The molecule has 1 heterocycles. The number of nitrogens with one attached hydrogen (secondary N) is 1. The minimum Gasteiger partial charge on any atom is -0.310 e. The van der Waals surface area contributed by atoms with Gasteiger partial charge in [0, 0.05) is 6.04 Å². The average Bonchev–Trinajstić information content (AvgIpc) is 2.47. The Hall–Kier alpha value is -0.820. The predicted molar refractivity (Wildman–Crippen MR) is 60.4 cm³/mol. The van der Waals surface area contributed by atoms with Crippen molar-refractivity contribution >= 4 is 0 Å². The van der Waals surface area contributed by atoms with E-state index in [0.29, 0.717) is 6.04 Å². The molecule has 0 aromatic heterocycles. The fraction of sp³-hybridized carbons (Fsp3) is 0.538. The third-order valence-electron chi connectivity index (χ3n) is 3.04. The van der Waals surface area contributed by atoms with Gasteiger partial charge in [0.1, 0.15) is 0 Å². The van der Waals surface area contributed by atoms with Crippen LogP contribution in [0.3, 0.4) is 0 Å². The van der Waals surface area contributed by atoms with Crippen LogP contribution in [-0.4, -0.2) is 6.54 Å². The monoisotopic (exact) mass is 189 g/mol. The van der Waals surface area contributed by atoms with E-state index in [1.165, 1.54) is 43.4 Å². The van der Waals surface area contributed by atoms with Gasteiger partial charge in [0.15, 0.2) is 0 Å². The van der Waals surface area contributed by atoms with E-state index in [0.717, 1.165) is 0 Å². The molecule has 1 heteroatoms. The van der Waals surface area contributed by atoms with Gasteiger partial charge in [-0.15, -0.1) is 0 Å². The van der Waals surface area contributed by atoms with Crippen molar-refractivity contribution in [3.8, 4) is 0 Å². The summed E-state index contributed by atoms with van der Waals surface area (Å²) in [5, 5.41) is 3.62. The summed E-state index contributed by atoms with van der Waals surface area (Å²) in [4.78, 5) is 0. The Bertz CT molecular complexity index is 268. The lowest BCUT2D eigenvalue weighted by molar-refractivity contribution is 0.535. The quantitative estimate of drug-likeness (QED) is 0.715. The molecule has 0 saturated carbocycles. The molecule has 1 fully saturated rings. The lowest BCUT2D eigenvalue weighted by atomic mass is 10.0. The van der Waals surface area contributed by atoms with Crippen LogP contribution in [0.1, 0.15) is 42.9 Å². The number of rotatable bonds is 1. The maximum atomic E-state index is 3.62. The summed E-state index contributed by atoms with van der Waals surface area (Å²) in [6, 6.07) is 9.54. The predicted octanol–water partition coefficient (Wildman–Crippen LogP) is 3.20. The molecular weight excluding hydrogens is 170 g/mol. The first-order chi connectivity index (χ1) is 6.86. The van der Waals surface area contributed by atoms with E-state index < -0.39 is 0 Å². The van der Waals surface area contributed by atoms with Gasteiger partial charge in [0.25, 0.3) is 0 Å². The normalized spacial score (nSPS) is 23.1. The Balaban J connectivity index is 2.08. The second-order valence-corrected chi connectivity index (χ2v) is 4.27. The van der Waals surface area contributed by atoms with Crippen LogP contribution < -0.4 is 5.32 Å². The van der Waals surface area contributed by atoms with Crippen LogP contribution in [0.5, 0.6) is 0 Å². The van der Waals surface area contributed by atoms with Crippen molar-refractivity contribution in [1.29, 1.82) is 0 Å². The molecule has 0 bridgehead atoms. The van der Waals surface area contributed by atoms with Gasteiger partial charge >= 0.3 is 0 Å². The summed E-state index contributed by atoms with van der Waals surface area (Å²) < 4.78 is 0. The largest absolute Gasteiger partial charge is 0.310 e. The zero-order valence-corrected chi connectivity index (χ0v) is 8.92. The molecule has 0 unspecified atom stereocenters. The molecule has 0 amide bonds. The van der Waals surface area contributed by atoms with Crippen LogP contribution in [-0.2, 0) is 0 Å². The Labute approximate surface area is 86.5 Å². The van der Waals surface area contributed by atoms with Crippen molar-refractivity contribution in [3.63, 3.8) is 0 Å².